The summed E-state index contributed by atoms with van der Waals surface area (Å²) in [4.78, 5) is 0. The standard InChI is InChI=1S/C22H47P/c1-4-7-10-13-16-19-22(23,20-17-14-11-8-5-2)21-18-15-12-9-6-3/h4-21,23H2,1-3H3. The van der Waals surface area contributed by atoms with E-state index in [0.29, 0.717) is 5.16 Å². The largest absolute Gasteiger partial charge is 0.131 e. The Hall–Kier alpha value is 0.430. The molecule has 0 heterocycles. The highest BCUT2D eigenvalue weighted by atomic mass is 31.0. The third-order valence-corrected chi connectivity index (χ3v) is 6.20. The first-order valence-electron chi connectivity index (χ1n) is 11.0. The maximum Gasteiger partial charge on any atom is -0.0150 e. The minimum absolute atomic E-state index is 0.560. The van der Waals surface area contributed by atoms with Crippen molar-refractivity contribution in [2.75, 3.05) is 0 Å². The molecule has 0 aliphatic rings. The molecule has 0 nitrogen and oxygen atoms in total. The normalized spacial score (nSPS) is 12.0. The maximum atomic E-state index is 3.31. The van der Waals surface area contributed by atoms with Crippen LogP contribution in [0.4, 0.5) is 0 Å². The van der Waals surface area contributed by atoms with Crippen molar-refractivity contribution in [3.63, 3.8) is 0 Å². The molecule has 1 atom stereocenters. The van der Waals surface area contributed by atoms with Gasteiger partial charge in [0.1, 0.15) is 0 Å². The van der Waals surface area contributed by atoms with Crippen LogP contribution < -0.4 is 0 Å². The second-order valence-electron chi connectivity index (χ2n) is 7.86. The van der Waals surface area contributed by atoms with E-state index in [1.807, 2.05) is 0 Å². The van der Waals surface area contributed by atoms with Crippen molar-refractivity contribution in [2.24, 2.45) is 0 Å². The highest BCUT2D eigenvalue weighted by Crippen LogP contribution is 2.37. The summed E-state index contributed by atoms with van der Waals surface area (Å²) < 4.78 is 0. The summed E-state index contributed by atoms with van der Waals surface area (Å²) in [5, 5.41) is 0.560. The molecule has 0 aromatic heterocycles. The predicted octanol–water partition coefficient (Wildman–Crippen LogP) is 8.68. The van der Waals surface area contributed by atoms with Crippen molar-refractivity contribution < 1.29 is 0 Å². The highest BCUT2D eigenvalue weighted by Gasteiger charge is 2.22. The van der Waals surface area contributed by atoms with Gasteiger partial charge in [0.05, 0.1) is 0 Å². The van der Waals surface area contributed by atoms with Gasteiger partial charge in [-0.25, -0.2) is 0 Å². The lowest BCUT2D eigenvalue weighted by atomic mass is 9.88. The Labute approximate surface area is 151 Å². The van der Waals surface area contributed by atoms with Crippen LogP contribution in [-0.4, -0.2) is 5.16 Å². The molecular weight excluding hydrogens is 295 g/mol. The summed E-state index contributed by atoms with van der Waals surface area (Å²) in [6, 6.07) is 0. The zero-order chi connectivity index (χ0) is 17.2. The first-order chi connectivity index (χ1) is 11.2. The van der Waals surface area contributed by atoms with Crippen LogP contribution >= 0.6 is 9.24 Å². The van der Waals surface area contributed by atoms with Crippen LogP contribution in [0.2, 0.25) is 0 Å². The van der Waals surface area contributed by atoms with E-state index in [-0.39, 0.29) is 0 Å². The van der Waals surface area contributed by atoms with E-state index >= 15 is 0 Å². The van der Waals surface area contributed by atoms with Gasteiger partial charge in [-0.2, -0.15) is 0 Å². The second kappa shape index (κ2) is 17.3. The van der Waals surface area contributed by atoms with Crippen molar-refractivity contribution in [3.05, 3.63) is 0 Å². The van der Waals surface area contributed by atoms with Crippen LogP contribution in [-0.2, 0) is 0 Å². The molecule has 0 aromatic rings. The quantitative estimate of drug-likeness (QED) is 0.173. The van der Waals surface area contributed by atoms with Crippen LogP contribution in [0, 0.1) is 0 Å². The monoisotopic (exact) mass is 342 g/mol. The molecule has 0 amide bonds. The van der Waals surface area contributed by atoms with E-state index < -0.39 is 0 Å². The SMILES string of the molecule is CCCCCCCC(P)(CCCCCCC)CCCCCCC. The summed E-state index contributed by atoms with van der Waals surface area (Å²) in [6.07, 6.45) is 25.8. The molecule has 1 heteroatoms. The van der Waals surface area contributed by atoms with Crippen LogP contribution in [0.25, 0.3) is 0 Å². The topological polar surface area (TPSA) is 0 Å². The molecule has 0 aliphatic heterocycles. The van der Waals surface area contributed by atoms with Gasteiger partial charge in [0.2, 0.25) is 0 Å². The predicted molar refractivity (Wildman–Crippen MR) is 113 cm³/mol. The fourth-order valence-electron chi connectivity index (χ4n) is 3.62. The molecule has 0 N–H and O–H groups in total. The average molecular weight is 343 g/mol. The van der Waals surface area contributed by atoms with Gasteiger partial charge >= 0.3 is 0 Å². The van der Waals surface area contributed by atoms with Crippen molar-refractivity contribution in [1.29, 1.82) is 0 Å². The highest BCUT2D eigenvalue weighted by molar-refractivity contribution is 7.19. The summed E-state index contributed by atoms with van der Waals surface area (Å²) >= 11 is 0. The number of hydrogen-bond acceptors (Lipinski definition) is 0. The van der Waals surface area contributed by atoms with Gasteiger partial charge in [-0.15, -0.1) is 9.24 Å². The molecule has 23 heavy (non-hydrogen) atoms. The fraction of sp³-hybridized carbons (Fsp3) is 1.00. The molecule has 0 bridgehead atoms. The summed E-state index contributed by atoms with van der Waals surface area (Å²) in [6.45, 7) is 6.94. The van der Waals surface area contributed by atoms with Crippen LogP contribution in [0.15, 0.2) is 0 Å². The fourth-order valence-corrected chi connectivity index (χ4v) is 4.23. The smallest absolute Gasteiger partial charge is 0.0150 e. The Morgan fingerprint density at radius 3 is 0.957 bits per heavy atom. The number of hydrogen-bond donors (Lipinski definition) is 0. The van der Waals surface area contributed by atoms with Crippen molar-refractivity contribution in [3.8, 4) is 0 Å². The van der Waals surface area contributed by atoms with Crippen LogP contribution in [0.3, 0.4) is 0 Å². The van der Waals surface area contributed by atoms with Crippen molar-refractivity contribution in [1.82, 2.24) is 0 Å². The van der Waals surface area contributed by atoms with Crippen LogP contribution in [0.5, 0.6) is 0 Å². The minimum atomic E-state index is 0.560. The molecule has 0 saturated heterocycles. The second-order valence-corrected chi connectivity index (χ2v) is 9.08. The van der Waals surface area contributed by atoms with E-state index in [0.717, 1.165) is 0 Å². The van der Waals surface area contributed by atoms with E-state index in [1.165, 1.54) is 116 Å². The lowest BCUT2D eigenvalue weighted by Crippen LogP contribution is -2.20. The van der Waals surface area contributed by atoms with Gasteiger partial charge in [-0.3, -0.25) is 0 Å². The molecule has 0 rings (SSSR count). The van der Waals surface area contributed by atoms with Crippen molar-refractivity contribution >= 4 is 9.24 Å². The molecule has 0 spiro atoms. The lowest BCUT2D eigenvalue weighted by Gasteiger charge is -2.30. The van der Waals surface area contributed by atoms with Crippen molar-refractivity contribution in [2.45, 2.75) is 142 Å². The van der Waals surface area contributed by atoms with Gasteiger partial charge in [0.15, 0.2) is 0 Å². The Balaban J connectivity index is 4.00. The third-order valence-electron chi connectivity index (χ3n) is 5.33. The summed E-state index contributed by atoms with van der Waals surface area (Å²) in [5.41, 5.74) is 0. The third kappa shape index (κ3) is 15.7. The zero-order valence-electron chi connectivity index (χ0n) is 16.8. The number of rotatable bonds is 18. The maximum absolute atomic E-state index is 3.31. The molecule has 0 saturated carbocycles. The molecule has 0 fully saturated rings. The molecule has 0 aliphatic carbocycles. The first kappa shape index (κ1) is 23.4. The van der Waals surface area contributed by atoms with Gasteiger partial charge < -0.3 is 0 Å². The molecule has 0 radical (unpaired) electrons. The summed E-state index contributed by atoms with van der Waals surface area (Å²) in [7, 11) is 3.31. The molecule has 0 aromatic carbocycles. The Morgan fingerprint density at radius 1 is 0.435 bits per heavy atom. The average Bonchev–Trinajstić information content (AvgIpc) is 2.54. The van der Waals surface area contributed by atoms with Gasteiger partial charge in [-0.05, 0) is 24.4 Å². The lowest BCUT2D eigenvalue weighted by molar-refractivity contribution is 0.404. The summed E-state index contributed by atoms with van der Waals surface area (Å²) in [5.74, 6) is 0. The van der Waals surface area contributed by atoms with E-state index in [2.05, 4.69) is 30.0 Å². The number of unbranched alkanes of at least 4 members (excludes halogenated alkanes) is 12. The molecule has 1 unspecified atom stereocenters. The Morgan fingerprint density at radius 2 is 0.696 bits per heavy atom. The van der Waals surface area contributed by atoms with Gasteiger partial charge in [0.25, 0.3) is 0 Å². The van der Waals surface area contributed by atoms with Gasteiger partial charge in [-0.1, -0.05) is 117 Å². The van der Waals surface area contributed by atoms with Gasteiger partial charge in [0, 0.05) is 0 Å². The Bertz CT molecular complexity index is 188. The van der Waals surface area contributed by atoms with Crippen LogP contribution in [0.1, 0.15) is 136 Å². The molecular formula is C22H47P. The van der Waals surface area contributed by atoms with E-state index in [1.54, 1.807) is 0 Å². The molecule has 140 valence electrons. The Kier molecular flexibility index (Phi) is 17.6. The van der Waals surface area contributed by atoms with E-state index in [4.69, 9.17) is 0 Å². The van der Waals surface area contributed by atoms with E-state index in [9.17, 15) is 0 Å². The first-order valence-corrected chi connectivity index (χ1v) is 11.5. The zero-order valence-corrected chi connectivity index (χ0v) is 18.0. The minimum Gasteiger partial charge on any atom is -0.131 e.